The summed E-state index contributed by atoms with van der Waals surface area (Å²) in [5, 5.41) is 10.6. The van der Waals surface area contributed by atoms with Gasteiger partial charge in [0.05, 0.1) is 21.9 Å². The fourth-order valence-electron chi connectivity index (χ4n) is 3.26. The largest absolute Gasteiger partial charge is 0.457 e. The number of anilines is 1. The highest BCUT2D eigenvalue weighted by atomic mass is 32.2. The van der Waals surface area contributed by atoms with Crippen LogP contribution in [-0.4, -0.2) is 25.8 Å². The van der Waals surface area contributed by atoms with Gasteiger partial charge < -0.3 is 4.42 Å². The number of ketones is 1. The van der Waals surface area contributed by atoms with E-state index in [0.717, 1.165) is 5.56 Å². The molecule has 1 aromatic heterocycles. The normalized spacial score (nSPS) is 15.3. The van der Waals surface area contributed by atoms with Crippen LogP contribution < -0.4 is 10.1 Å². The van der Waals surface area contributed by atoms with Gasteiger partial charge in [-0.1, -0.05) is 18.2 Å². The molecule has 0 radical (unpaired) electrons. The molecule has 0 spiro atoms. The van der Waals surface area contributed by atoms with Crippen LogP contribution in [0.3, 0.4) is 0 Å². The van der Waals surface area contributed by atoms with Crippen molar-refractivity contribution in [3.63, 3.8) is 0 Å². The summed E-state index contributed by atoms with van der Waals surface area (Å²) < 4.78 is 28.7. The second-order valence-electron chi connectivity index (χ2n) is 7.24. The molecule has 1 aliphatic rings. The van der Waals surface area contributed by atoms with E-state index < -0.39 is 10.0 Å². The summed E-state index contributed by atoms with van der Waals surface area (Å²) in [5.41, 5.74) is 2.58. The first-order valence-electron chi connectivity index (χ1n) is 9.59. The van der Waals surface area contributed by atoms with Gasteiger partial charge >= 0.3 is 0 Å². The van der Waals surface area contributed by atoms with Crippen LogP contribution in [0.4, 0.5) is 5.69 Å². The van der Waals surface area contributed by atoms with Gasteiger partial charge in [0, 0.05) is 11.1 Å². The highest BCUT2D eigenvalue weighted by Crippen LogP contribution is 2.28. The smallest absolute Gasteiger partial charge is 0.280 e. The van der Waals surface area contributed by atoms with E-state index in [1.807, 2.05) is 6.07 Å². The molecule has 162 valence electrons. The summed E-state index contributed by atoms with van der Waals surface area (Å²) in [5.74, 6) is 0.608. The van der Waals surface area contributed by atoms with Gasteiger partial charge in [0.15, 0.2) is 5.78 Å². The maximum Gasteiger partial charge on any atom is 0.280 e. The molecule has 2 heterocycles. The van der Waals surface area contributed by atoms with Crippen molar-refractivity contribution >= 4 is 39.2 Å². The predicted octanol–water partition coefficient (Wildman–Crippen LogP) is 3.60. The van der Waals surface area contributed by atoms with Crippen molar-refractivity contribution < 1.29 is 22.4 Å². The number of carbonyl (C=O) groups is 2. The van der Waals surface area contributed by atoms with Crippen molar-refractivity contribution in [1.82, 2.24) is 0 Å². The minimum absolute atomic E-state index is 0.0404. The Bertz CT molecular complexity index is 1400. The molecule has 3 aromatic rings. The molecule has 2 N–H and O–H groups in total. The fourth-order valence-corrected chi connectivity index (χ4v) is 3.77. The Morgan fingerprint density at radius 2 is 1.81 bits per heavy atom. The van der Waals surface area contributed by atoms with Crippen LogP contribution in [0.2, 0.25) is 0 Å². The number of furan rings is 1. The second-order valence-corrected chi connectivity index (χ2v) is 8.80. The summed E-state index contributed by atoms with van der Waals surface area (Å²) >= 11 is 0. The zero-order valence-corrected chi connectivity index (χ0v) is 18.1. The molecule has 0 saturated carbocycles. The molecule has 0 bridgehead atoms. The van der Waals surface area contributed by atoms with E-state index in [1.54, 1.807) is 43.3 Å². The molecular weight excluding hydrogens is 430 g/mol. The lowest BCUT2D eigenvalue weighted by Gasteiger charge is -2.11. The molecule has 0 aliphatic carbocycles. The number of primary sulfonamides is 1. The zero-order chi connectivity index (χ0) is 23.0. The topological polar surface area (TPSA) is 123 Å². The number of amides is 1. The van der Waals surface area contributed by atoms with Crippen molar-refractivity contribution in [2.75, 3.05) is 5.01 Å². The second kappa shape index (κ2) is 8.03. The van der Waals surface area contributed by atoms with E-state index in [-0.39, 0.29) is 16.6 Å². The molecule has 0 saturated heterocycles. The highest BCUT2D eigenvalue weighted by Gasteiger charge is 2.29. The van der Waals surface area contributed by atoms with Crippen molar-refractivity contribution in [1.29, 1.82) is 0 Å². The Balaban J connectivity index is 1.60. The van der Waals surface area contributed by atoms with Gasteiger partial charge in [0.2, 0.25) is 10.0 Å². The van der Waals surface area contributed by atoms with Crippen molar-refractivity contribution in [2.24, 2.45) is 10.2 Å². The van der Waals surface area contributed by atoms with E-state index in [2.05, 4.69) is 5.10 Å². The van der Waals surface area contributed by atoms with Gasteiger partial charge in [-0.3, -0.25) is 9.59 Å². The lowest BCUT2D eigenvalue weighted by Crippen LogP contribution is -2.21. The van der Waals surface area contributed by atoms with Gasteiger partial charge in [0.25, 0.3) is 5.91 Å². The first kappa shape index (κ1) is 21.4. The molecule has 0 fully saturated rings. The van der Waals surface area contributed by atoms with Crippen LogP contribution in [0.15, 0.2) is 80.7 Å². The maximum atomic E-state index is 12.9. The lowest BCUT2D eigenvalue weighted by molar-refractivity contribution is -0.114. The number of hydrazone groups is 1. The van der Waals surface area contributed by atoms with E-state index in [0.29, 0.717) is 34.1 Å². The van der Waals surface area contributed by atoms with Crippen LogP contribution in [0, 0.1) is 0 Å². The zero-order valence-electron chi connectivity index (χ0n) is 17.3. The van der Waals surface area contributed by atoms with Gasteiger partial charge in [-0.25, -0.2) is 13.6 Å². The third-order valence-corrected chi connectivity index (χ3v) is 5.87. The van der Waals surface area contributed by atoms with E-state index in [9.17, 15) is 18.0 Å². The van der Waals surface area contributed by atoms with E-state index >= 15 is 0 Å². The van der Waals surface area contributed by atoms with Gasteiger partial charge in [-0.15, -0.1) is 0 Å². The van der Waals surface area contributed by atoms with E-state index in [1.165, 1.54) is 36.2 Å². The number of hydrogen-bond donors (Lipinski definition) is 1. The van der Waals surface area contributed by atoms with Crippen LogP contribution in [0.25, 0.3) is 17.4 Å². The predicted molar refractivity (Wildman–Crippen MR) is 121 cm³/mol. The summed E-state index contributed by atoms with van der Waals surface area (Å²) in [6, 6.07) is 16.2. The number of nitrogens with zero attached hydrogens (tertiary/aromatic N) is 2. The molecular formula is C23H19N3O5S. The maximum absolute atomic E-state index is 12.9. The quantitative estimate of drug-likeness (QED) is 0.471. The molecule has 4 rings (SSSR count). The molecule has 8 nitrogen and oxygen atoms in total. The number of nitrogens with two attached hydrogens (primary N) is 1. The van der Waals surface area contributed by atoms with Crippen LogP contribution in [0.5, 0.6) is 0 Å². The van der Waals surface area contributed by atoms with E-state index in [4.69, 9.17) is 9.56 Å². The number of Topliss-reactive ketones (excluding diaryl/α,β-unsaturated/α-hetero) is 1. The van der Waals surface area contributed by atoms with Gasteiger partial charge in [0.1, 0.15) is 11.5 Å². The third kappa shape index (κ3) is 4.16. The summed E-state index contributed by atoms with van der Waals surface area (Å²) in [7, 11) is -3.83. The lowest BCUT2D eigenvalue weighted by atomic mass is 10.1. The SMILES string of the molecule is CC(=O)c1cccc(-c2ccc(/C=C3\C(=O)N(c4ccc(S(N)(=O)=O)cc4)N=C3C)o2)c1. The molecule has 1 amide bonds. The molecule has 0 unspecified atom stereocenters. The third-order valence-electron chi connectivity index (χ3n) is 4.94. The summed E-state index contributed by atoms with van der Waals surface area (Å²) in [6.45, 7) is 3.20. The summed E-state index contributed by atoms with van der Waals surface area (Å²) in [4.78, 5) is 24.5. The minimum Gasteiger partial charge on any atom is -0.457 e. The number of carbonyl (C=O) groups excluding carboxylic acids is 2. The monoisotopic (exact) mass is 449 g/mol. The van der Waals surface area contributed by atoms with Crippen LogP contribution >= 0.6 is 0 Å². The van der Waals surface area contributed by atoms with Crippen LogP contribution in [0.1, 0.15) is 30.0 Å². The molecule has 2 aromatic carbocycles. The first-order valence-corrected chi connectivity index (χ1v) is 11.1. The molecule has 0 atom stereocenters. The average Bonchev–Trinajstić information content (AvgIpc) is 3.34. The Kier molecular flexibility index (Phi) is 5.37. The standard InChI is InChI=1S/C23H19N3O5S/c1-14-21(23(28)26(25-14)18-6-9-20(10-7-18)32(24,29)30)13-19-8-11-22(31-19)17-5-3-4-16(12-17)15(2)27/h3-13H,1-2H3,(H2,24,29,30)/b21-13-. The molecule has 1 aliphatic heterocycles. The Morgan fingerprint density at radius 1 is 1.09 bits per heavy atom. The van der Waals surface area contributed by atoms with Crippen molar-refractivity contribution in [3.8, 4) is 11.3 Å². The first-order chi connectivity index (χ1) is 15.1. The van der Waals surface area contributed by atoms with Crippen LogP contribution in [-0.2, 0) is 14.8 Å². The summed E-state index contributed by atoms with van der Waals surface area (Å²) in [6.07, 6.45) is 1.60. The average molecular weight is 449 g/mol. The number of benzene rings is 2. The van der Waals surface area contributed by atoms with Gasteiger partial charge in [-0.2, -0.15) is 10.1 Å². The molecule has 9 heteroatoms. The Hall–Kier alpha value is -3.82. The number of hydrogen-bond acceptors (Lipinski definition) is 6. The fraction of sp³-hybridized carbons (Fsp3) is 0.0870. The van der Waals surface area contributed by atoms with Gasteiger partial charge in [-0.05, 0) is 62.4 Å². The molecule has 32 heavy (non-hydrogen) atoms. The van der Waals surface area contributed by atoms with Crippen molar-refractivity contribution in [2.45, 2.75) is 18.7 Å². The minimum atomic E-state index is -3.83. The number of sulfonamides is 1. The number of rotatable bonds is 5. The Morgan fingerprint density at radius 3 is 2.47 bits per heavy atom. The van der Waals surface area contributed by atoms with Crippen molar-refractivity contribution in [3.05, 3.63) is 77.6 Å². The highest BCUT2D eigenvalue weighted by molar-refractivity contribution is 7.89. The Labute approximate surface area is 184 Å².